The van der Waals surface area contributed by atoms with Crippen LogP contribution in [0.3, 0.4) is 0 Å². The molecule has 8 heteroatoms. The molecule has 1 fully saturated rings. The molecule has 0 saturated carbocycles. The smallest absolute Gasteiger partial charge is 0.223 e. The van der Waals surface area contributed by atoms with E-state index in [1.54, 1.807) is 20.2 Å². The summed E-state index contributed by atoms with van der Waals surface area (Å²) in [5, 5.41) is 17.0. The second kappa shape index (κ2) is 6.19. The number of aryl methyl sites for hydroxylation is 1. The molecular formula is C18H19N7O. The number of nitrogens with one attached hydrogen (secondary N) is 1. The first kappa shape index (κ1) is 16.1. The molecular weight excluding hydrogens is 330 g/mol. The minimum absolute atomic E-state index is 0.0359. The number of fused-ring (bicyclic) bond motifs is 1. The van der Waals surface area contributed by atoms with Crippen LogP contribution in [0.15, 0.2) is 36.8 Å². The summed E-state index contributed by atoms with van der Waals surface area (Å²) in [4.78, 5) is 18.5. The van der Waals surface area contributed by atoms with Crippen molar-refractivity contribution in [3.63, 3.8) is 0 Å². The van der Waals surface area contributed by atoms with Crippen molar-refractivity contribution in [2.75, 3.05) is 18.9 Å². The van der Waals surface area contributed by atoms with E-state index in [9.17, 15) is 10.1 Å². The van der Waals surface area contributed by atoms with Crippen LogP contribution < -0.4 is 5.32 Å². The van der Waals surface area contributed by atoms with E-state index >= 15 is 0 Å². The number of nitriles is 1. The molecule has 0 unspecified atom stereocenters. The molecule has 8 nitrogen and oxygen atoms in total. The highest BCUT2D eigenvalue weighted by Gasteiger charge is 2.39. The number of aromatic nitrogens is 4. The lowest BCUT2D eigenvalue weighted by molar-refractivity contribution is -0.127. The van der Waals surface area contributed by atoms with Crippen molar-refractivity contribution in [3.05, 3.63) is 48.0 Å². The number of carbonyl (C=O) groups excluding carboxylic acids is 1. The van der Waals surface area contributed by atoms with Gasteiger partial charge in [0, 0.05) is 50.9 Å². The van der Waals surface area contributed by atoms with Gasteiger partial charge in [0.05, 0.1) is 12.2 Å². The highest BCUT2D eigenvalue weighted by molar-refractivity contribution is 5.79. The third-order valence-electron chi connectivity index (χ3n) is 4.93. The molecule has 132 valence electrons. The standard InChI is InChI=1S/C18H19N7O/c1-23-11-13(10-21-23)17-12(7-16(26)24(17)2)9-20-18-14(8-19)25-6-4-3-5-15(25)22-18/h3-6,10-12,17,20H,7,9H2,1-2H3/t12-,17+/m0/s1. The number of amides is 1. The van der Waals surface area contributed by atoms with E-state index in [2.05, 4.69) is 21.5 Å². The Morgan fingerprint density at radius 2 is 2.23 bits per heavy atom. The van der Waals surface area contributed by atoms with Crippen molar-refractivity contribution < 1.29 is 4.79 Å². The molecule has 2 atom stereocenters. The molecule has 0 bridgehead atoms. The van der Waals surface area contributed by atoms with Crippen molar-refractivity contribution in [1.82, 2.24) is 24.1 Å². The third kappa shape index (κ3) is 2.58. The quantitative estimate of drug-likeness (QED) is 0.772. The van der Waals surface area contributed by atoms with Gasteiger partial charge in [-0.25, -0.2) is 4.98 Å². The van der Waals surface area contributed by atoms with Crippen molar-refractivity contribution in [2.24, 2.45) is 13.0 Å². The maximum Gasteiger partial charge on any atom is 0.223 e. The molecule has 1 aliphatic rings. The van der Waals surface area contributed by atoms with Crippen LogP contribution in [0.1, 0.15) is 23.7 Å². The largest absolute Gasteiger partial charge is 0.367 e. The third-order valence-corrected chi connectivity index (χ3v) is 4.93. The first-order valence-corrected chi connectivity index (χ1v) is 8.43. The minimum Gasteiger partial charge on any atom is -0.367 e. The van der Waals surface area contributed by atoms with E-state index in [0.29, 0.717) is 24.5 Å². The van der Waals surface area contributed by atoms with Crippen LogP contribution in [0, 0.1) is 17.2 Å². The zero-order valence-corrected chi connectivity index (χ0v) is 14.6. The Morgan fingerprint density at radius 1 is 1.38 bits per heavy atom. The van der Waals surface area contributed by atoms with Gasteiger partial charge in [0.1, 0.15) is 11.7 Å². The van der Waals surface area contributed by atoms with Crippen LogP contribution in [0.2, 0.25) is 0 Å². The number of imidazole rings is 1. The predicted molar refractivity (Wildman–Crippen MR) is 95.2 cm³/mol. The maximum atomic E-state index is 12.2. The first-order chi connectivity index (χ1) is 12.6. The molecule has 26 heavy (non-hydrogen) atoms. The molecule has 0 radical (unpaired) electrons. The highest BCUT2D eigenvalue weighted by Crippen LogP contribution is 2.37. The lowest BCUT2D eigenvalue weighted by Crippen LogP contribution is -2.26. The lowest BCUT2D eigenvalue weighted by Gasteiger charge is -2.24. The van der Waals surface area contributed by atoms with Crippen LogP contribution in [-0.4, -0.2) is 43.6 Å². The van der Waals surface area contributed by atoms with E-state index in [4.69, 9.17) is 0 Å². The summed E-state index contributed by atoms with van der Waals surface area (Å²) in [7, 11) is 3.69. The number of hydrogen-bond acceptors (Lipinski definition) is 5. The monoisotopic (exact) mass is 349 g/mol. The Labute approximate surface area is 150 Å². The van der Waals surface area contributed by atoms with Crippen molar-refractivity contribution in [2.45, 2.75) is 12.5 Å². The molecule has 1 amide bonds. The zero-order valence-electron chi connectivity index (χ0n) is 14.6. The summed E-state index contributed by atoms with van der Waals surface area (Å²) in [6, 6.07) is 7.78. The second-order valence-electron chi connectivity index (χ2n) is 6.59. The van der Waals surface area contributed by atoms with Crippen LogP contribution in [-0.2, 0) is 11.8 Å². The fraction of sp³-hybridized carbons (Fsp3) is 0.333. The van der Waals surface area contributed by atoms with Gasteiger partial charge in [-0.3, -0.25) is 13.9 Å². The van der Waals surface area contributed by atoms with Crippen LogP contribution >= 0.6 is 0 Å². The fourth-order valence-corrected chi connectivity index (χ4v) is 3.68. The van der Waals surface area contributed by atoms with Crippen LogP contribution in [0.25, 0.3) is 5.65 Å². The number of nitrogens with zero attached hydrogens (tertiary/aromatic N) is 6. The van der Waals surface area contributed by atoms with Gasteiger partial charge in [-0.1, -0.05) is 6.07 Å². The molecule has 1 aliphatic heterocycles. The van der Waals surface area contributed by atoms with E-state index in [0.717, 1.165) is 11.2 Å². The summed E-state index contributed by atoms with van der Waals surface area (Å²) >= 11 is 0. The Hall–Kier alpha value is -3.34. The maximum absolute atomic E-state index is 12.2. The number of rotatable bonds is 4. The normalized spacial score (nSPS) is 19.9. The summed E-state index contributed by atoms with van der Waals surface area (Å²) in [5.41, 5.74) is 2.20. The van der Waals surface area contributed by atoms with Gasteiger partial charge >= 0.3 is 0 Å². The molecule has 0 aromatic carbocycles. The predicted octanol–water partition coefficient (Wildman–Crippen LogP) is 1.57. The molecule has 4 heterocycles. The Morgan fingerprint density at radius 3 is 2.96 bits per heavy atom. The van der Waals surface area contributed by atoms with Gasteiger partial charge in [-0.15, -0.1) is 0 Å². The Kier molecular flexibility index (Phi) is 3.84. The number of hydrogen-bond donors (Lipinski definition) is 1. The lowest BCUT2D eigenvalue weighted by atomic mass is 9.96. The van der Waals surface area contributed by atoms with Crippen molar-refractivity contribution in [1.29, 1.82) is 5.26 Å². The number of carbonyl (C=O) groups is 1. The minimum atomic E-state index is -0.0359. The van der Waals surface area contributed by atoms with Crippen molar-refractivity contribution >= 4 is 17.4 Å². The van der Waals surface area contributed by atoms with Crippen LogP contribution in [0.4, 0.5) is 5.82 Å². The Bertz CT molecular complexity index is 1010. The molecule has 1 saturated heterocycles. The fourth-order valence-electron chi connectivity index (χ4n) is 3.68. The highest BCUT2D eigenvalue weighted by atomic mass is 16.2. The van der Waals surface area contributed by atoms with Gasteiger partial charge in [0.25, 0.3) is 0 Å². The summed E-state index contributed by atoms with van der Waals surface area (Å²) < 4.78 is 3.50. The van der Waals surface area contributed by atoms with Gasteiger partial charge < -0.3 is 10.2 Å². The topological polar surface area (TPSA) is 91.2 Å². The van der Waals surface area contributed by atoms with Crippen molar-refractivity contribution in [3.8, 4) is 6.07 Å². The van der Waals surface area contributed by atoms with Gasteiger partial charge in [0.2, 0.25) is 5.91 Å². The molecule has 1 N–H and O–H groups in total. The van der Waals surface area contributed by atoms with Gasteiger partial charge in [-0.05, 0) is 12.1 Å². The van der Waals surface area contributed by atoms with E-state index < -0.39 is 0 Å². The summed E-state index contributed by atoms with van der Waals surface area (Å²) in [6.45, 7) is 0.550. The number of anilines is 1. The zero-order chi connectivity index (χ0) is 18.3. The molecule has 0 aliphatic carbocycles. The molecule has 0 spiro atoms. The molecule has 4 rings (SSSR count). The summed E-state index contributed by atoms with van der Waals surface area (Å²) in [6.07, 6.45) is 6.02. The molecule has 3 aromatic rings. The van der Waals surface area contributed by atoms with E-state index in [-0.39, 0.29) is 17.9 Å². The van der Waals surface area contributed by atoms with Gasteiger partial charge in [0.15, 0.2) is 11.5 Å². The first-order valence-electron chi connectivity index (χ1n) is 8.43. The second-order valence-corrected chi connectivity index (χ2v) is 6.59. The van der Waals surface area contributed by atoms with E-state index in [1.165, 1.54) is 0 Å². The van der Waals surface area contributed by atoms with E-state index in [1.807, 2.05) is 44.7 Å². The SMILES string of the molecule is CN1C(=O)C[C@@H](CNc2nc3ccccn3c2C#N)[C@@H]1c1cnn(C)c1. The van der Waals surface area contributed by atoms with Gasteiger partial charge in [-0.2, -0.15) is 10.4 Å². The van der Waals surface area contributed by atoms with Crippen LogP contribution in [0.5, 0.6) is 0 Å². The number of pyridine rings is 1. The average Bonchev–Trinajstić information content (AvgIpc) is 3.29. The average molecular weight is 349 g/mol. The molecule has 3 aromatic heterocycles. The Balaban J connectivity index is 1.59. The summed E-state index contributed by atoms with van der Waals surface area (Å²) in [5.74, 6) is 0.736. The number of likely N-dealkylation sites (tertiary alicyclic amines) is 1.